The van der Waals surface area contributed by atoms with Crippen LogP contribution in [0.1, 0.15) is 23.6 Å². The molecule has 0 saturated heterocycles. The van der Waals surface area contributed by atoms with Gasteiger partial charge in [0.05, 0.1) is 30.1 Å². The molecule has 0 saturated carbocycles. The molecule has 3 rings (SSSR count). The summed E-state index contributed by atoms with van der Waals surface area (Å²) in [4.78, 5) is 4.11. The molecule has 1 aromatic heterocycles. The van der Waals surface area contributed by atoms with Gasteiger partial charge in [-0.15, -0.1) is 0 Å². The summed E-state index contributed by atoms with van der Waals surface area (Å²) in [5, 5.41) is 4.17. The van der Waals surface area contributed by atoms with Crippen LogP contribution in [0.3, 0.4) is 0 Å². The Labute approximate surface area is 117 Å². The molecule has 0 fully saturated rings. The van der Waals surface area contributed by atoms with E-state index in [2.05, 4.69) is 22.4 Å². The van der Waals surface area contributed by atoms with Gasteiger partial charge < -0.3 is 10.1 Å². The molecule has 0 amide bonds. The van der Waals surface area contributed by atoms with Gasteiger partial charge in [0.25, 0.3) is 0 Å². The Hall–Kier alpha value is -1.74. The molecule has 2 aromatic rings. The molecular formula is C15H15ClN2O. The Morgan fingerprint density at radius 2 is 2.26 bits per heavy atom. The van der Waals surface area contributed by atoms with E-state index in [-0.39, 0.29) is 6.04 Å². The number of pyridine rings is 1. The van der Waals surface area contributed by atoms with Gasteiger partial charge in [-0.3, -0.25) is 4.98 Å². The summed E-state index contributed by atoms with van der Waals surface area (Å²) in [6.45, 7) is 0. The lowest BCUT2D eigenvalue weighted by Gasteiger charge is -2.16. The van der Waals surface area contributed by atoms with Crippen LogP contribution >= 0.6 is 11.6 Å². The van der Waals surface area contributed by atoms with E-state index in [1.807, 2.05) is 6.07 Å². The van der Waals surface area contributed by atoms with Crippen molar-refractivity contribution in [2.45, 2.75) is 18.9 Å². The Morgan fingerprint density at radius 1 is 1.37 bits per heavy atom. The quantitative estimate of drug-likeness (QED) is 0.923. The van der Waals surface area contributed by atoms with Crippen molar-refractivity contribution in [1.29, 1.82) is 0 Å². The Kier molecular flexibility index (Phi) is 3.30. The number of methoxy groups -OCH3 is 1. The molecule has 0 spiro atoms. The number of benzene rings is 1. The van der Waals surface area contributed by atoms with E-state index in [9.17, 15) is 0 Å². The lowest BCUT2D eigenvalue weighted by Crippen LogP contribution is -2.07. The van der Waals surface area contributed by atoms with Gasteiger partial charge in [0.2, 0.25) is 0 Å². The number of fused-ring (bicyclic) bond motifs is 1. The second kappa shape index (κ2) is 5.10. The summed E-state index contributed by atoms with van der Waals surface area (Å²) in [6.07, 6.45) is 5.60. The number of aryl methyl sites for hydroxylation is 1. The van der Waals surface area contributed by atoms with Crippen molar-refractivity contribution < 1.29 is 4.74 Å². The number of halogens is 1. The smallest absolute Gasteiger partial charge is 0.119 e. The lowest BCUT2D eigenvalue weighted by atomic mass is 10.1. The Balaban J connectivity index is 1.88. The number of anilines is 1. The van der Waals surface area contributed by atoms with Gasteiger partial charge in [0.15, 0.2) is 0 Å². The minimum Gasteiger partial charge on any atom is -0.497 e. The van der Waals surface area contributed by atoms with Gasteiger partial charge in [-0.1, -0.05) is 17.7 Å². The Bertz CT molecular complexity index is 600. The first kappa shape index (κ1) is 12.3. The van der Waals surface area contributed by atoms with Gasteiger partial charge in [-0.25, -0.2) is 0 Å². The van der Waals surface area contributed by atoms with Gasteiger partial charge in [0.1, 0.15) is 5.75 Å². The molecule has 19 heavy (non-hydrogen) atoms. The van der Waals surface area contributed by atoms with Crippen molar-refractivity contribution >= 4 is 17.3 Å². The summed E-state index contributed by atoms with van der Waals surface area (Å²) in [5.74, 6) is 0.893. The molecule has 4 heteroatoms. The fourth-order valence-electron chi connectivity index (χ4n) is 2.53. The van der Waals surface area contributed by atoms with Crippen molar-refractivity contribution in [1.82, 2.24) is 4.98 Å². The van der Waals surface area contributed by atoms with Crippen LogP contribution in [0.15, 0.2) is 36.7 Å². The lowest BCUT2D eigenvalue weighted by molar-refractivity contribution is 0.414. The minimum atomic E-state index is 0.270. The van der Waals surface area contributed by atoms with E-state index in [4.69, 9.17) is 16.3 Å². The Morgan fingerprint density at radius 3 is 3.05 bits per heavy atom. The molecule has 1 aliphatic rings. The second-order valence-electron chi connectivity index (χ2n) is 4.66. The maximum atomic E-state index is 6.16. The van der Waals surface area contributed by atoms with Crippen LogP contribution in [0.2, 0.25) is 5.02 Å². The first-order valence-electron chi connectivity index (χ1n) is 6.31. The third-order valence-electron chi connectivity index (χ3n) is 3.53. The van der Waals surface area contributed by atoms with E-state index >= 15 is 0 Å². The van der Waals surface area contributed by atoms with Gasteiger partial charge in [-0.2, -0.15) is 0 Å². The van der Waals surface area contributed by atoms with Crippen LogP contribution in [0, 0.1) is 0 Å². The van der Waals surface area contributed by atoms with Crippen molar-refractivity contribution in [3.63, 3.8) is 0 Å². The first-order valence-corrected chi connectivity index (χ1v) is 6.68. The molecular weight excluding hydrogens is 260 g/mol. The molecule has 98 valence electrons. The average molecular weight is 275 g/mol. The minimum absolute atomic E-state index is 0.270. The zero-order chi connectivity index (χ0) is 13.2. The van der Waals surface area contributed by atoms with E-state index in [0.717, 1.165) is 24.3 Å². The fourth-order valence-corrected chi connectivity index (χ4v) is 2.69. The number of hydrogen-bond donors (Lipinski definition) is 1. The molecule has 1 heterocycles. The van der Waals surface area contributed by atoms with Crippen LogP contribution in [0.4, 0.5) is 5.69 Å². The number of nitrogens with zero attached hydrogens (tertiary/aromatic N) is 1. The number of aromatic nitrogens is 1. The molecule has 1 unspecified atom stereocenters. The van der Waals surface area contributed by atoms with Crippen molar-refractivity contribution in [2.75, 3.05) is 12.4 Å². The summed E-state index contributed by atoms with van der Waals surface area (Å²) in [5.41, 5.74) is 3.54. The first-order chi connectivity index (χ1) is 9.28. The van der Waals surface area contributed by atoms with Gasteiger partial charge in [-0.05, 0) is 42.2 Å². The fraction of sp³-hybridized carbons (Fsp3) is 0.267. The third-order valence-corrected chi connectivity index (χ3v) is 3.86. The topological polar surface area (TPSA) is 34.1 Å². The number of rotatable bonds is 3. The predicted molar refractivity (Wildman–Crippen MR) is 76.9 cm³/mol. The number of nitrogens with one attached hydrogen (secondary N) is 1. The van der Waals surface area contributed by atoms with Crippen LogP contribution in [-0.4, -0.2) is 12.1 Å². The molecule has 1 aliphatic carbocycles. The standard InChI is InChI=1S/C15H15ClN2O/c1-19-11-4-2-10-3-5-14(12(10)8-11)18-15-9-17-7-6-13(15)16/h2,4,6-9,14,18H,3,5H2,1H3. The zero-order valence-corrected chi connectivity index (χ0v) is 11.4. The average Bonchev–Trinajstić information content (AvgIpc) is 2.84. The highest BCUT2D eigenvalue weighted by atomic mass is 35.5. The summed E-state index contributed by atoms with van der Waals surface area (Å²) in [7, 11) is 1.69. The molecule has 1 aromatic carbocycles. The maximum Gasteiger partial charge on any atom is 0.119 e. The molecule has 0 aliphatic heterocycles. The van der Waals surface area contributed by atoms with E-state index < -0.39 is 0 Å². The van der Waals surface area contributed by atoms with Crippen molar-refractivity contribution in [2.24, 2.45) is 0 Å². The summed E-state index contributed by atoms with van der Waals surface area (Å²) in [6, 6.07) is 8.32. The van der Waals surface area contributed by atoms with Crippen molar-refractivity contribution in [3.05, 3.63) is 52.8 Å². The second-order valence-corrected chi connectivity index (χ2v) is 5.06. The SMILES string of the molecule is COc1ccc2c(c1)C(Nc1cnccc1Cl)CC2. The van der Waals surface area contributed by atoms with Crippen molar-refractivity contribution in [3.8, 4) is 5.75 Å². The number of hydrogen-bond acceptors (Lipinski definition) is 3. The molecule has 0 radical (unpaired) electrons. The summed E-state index contributed by atoms with van der Waals surface area (Å²) < 4.78 is 5.30. The van der Waals surface area contributed by atoms with Crippen LogP contribution in [-0.2, 0) is 6.42 Å². The third kappa shape index (κ3) is 2.38. The van der Waals surface area contributed by atoms with Crippen LogP contribution < -0.4 is 10.1 Å². The predicted octanol–water partition coefficient (Wildman–Crippen LogP) is 3.84. The van der Waals surface area contributed by atoms with Crippen LogP contribution in [0.25, 0.3) is 0 Å². The normalized spacial score (nSPS) is 17.1. The molecule has 0 bridgehead atoms. The highest BCUT2D eigenvalue weighted by Crippen LogP contribution is 2.37. The van der Waals surface area contributed by atoms with Crippen LogP contribution in [0.5, 0.6) is 5.75 Å². The number of ether oxygens (including phenoxy) is 1. The van der Waals surface area contributed by atoms with E-state index in [1.165, 1.54) is 11.1 Å². The largest absolute Gasteiger partial charge is 0.497 e. The molecule has 3 nitrogen and oxygen atoms in total. The monoisotopic (exact) mass is 274 g/mol. The highest BCUT2D eigenvalue weighted by molar-refractivity contribution is 6.33. The van der Waals surface area contributed by atoms with E-state index in [0.29, 0.717) is 5.02 Å². The van der Waals surface area contributed by atoms with Gasteiger partial charge in [0, 0.05) is 6.20 Å². The summed E-state index contributed by atoms with van der Waals surface area (Å²) >= 11 is 6.16. The highest BCUT2D eigenvalue weighted by Gasteiger charge is 2.23. The molecule has 1 N–H and O–H groups in total. The van der Waals surface area contributed by atoms with E-state index in [1.54, 1.807) is 25.6 Å². The molecule has 1 atom stereocenters. The zero-order valence-electron chi connectivity index (χ0n) is 10.7. The van der Waals surface area contributed by atoms with Gasteiger partial charge >= 0.3 is 0 Å². The maximum absolute atomic E-state index is 6.16.